The molecule has 0 unspecified atom stereocenters. The summed E-state index contributed by atoms with van der Waals surface area (Å²) in [7, 11) is 0. The molecular weight excluding hydrogens is 392 g/mol. The van der Waals surface area contributed by atoms with Gasteiger partial charge in [-0.05, 0) is 31.0 Å². The van der Waals surface area contributed by atoms with Gasteiger partial charge in [-0.2, -0.15) is 10.2 Å². The Labute approximate surface area is 178 Å². The van der Waals surface area contributed by atoms with Crippen LogP contribution in [0.15, 0.2) is 71.5 Å². The zero-order valence-electron chi connectivity index (χ0n) is 16.9. The molecule has 156 valence electrons. The summed E-state index contributed by atoms with van der Waals surface area (Å²) in [6.45, 7) is 0.581. The summed E-state index contributed by atoms with van der Waals surface area (Å²) in [4.78, 5) is 25.4. The number of para-hydroxylation sites is 1. The number of aromatic amines is 1. The highest BCUT2D eigenvalue weighted by Crippen LogP contribution is 2.39. The van der Waals surface area contributed by atoms with E-state index < -0.39 is 0 Å². The van der Waals surface area contributed by atoms with Crippen molar-refractivity contribution in [3.8, 4) is 16.9 Å². The third kappa shape index (κ3) is 3.92. The van der Waals surface area contributed by atoms with Crippen LogP contribution >= 0.6 is 0 Å². The Bertz CT molecular complexity index is 1250. The summed E-state index contributed by atoms with van der Waals surface area (Å²) in [6, 6.07) is 20.9. The van der Waals surface area contributed by atoms with E-state index in [1.54, 1.807) is 10.6 Å². The molecule has 2 N–H and O–H groups in total. The normalized spacial score (nSPS) is 13.3. The number of rotatable bonds is 7. The summed E-state index contributed by atoms with van der Waals surface area (Å²) in [5, 5.41) is 14.4. The molecule has 0 spiro atoms. The largest absolute Gasteiger partial charge is 0.350 e. The lowest BCUT2D eigenvalue weighted by atomic mass is 10.1. The summed E-state index contributed by atoms with van der Waals surface area (Å²) >= 11 is 0. The van der Waals surface area contributed by atoms with Gasteiger partial charge in [0.25, 0.3) is 5.91 Å². The fraction of sp³-hybridized carbons (Fsp3) is 0.217. The Balaban J connectivity index is 1.27. The molecule has 0 aliphatic heterocycles. The van der Waals surface area contributed by atoms with Gasteiger partial charge in [-0.15, -0.1) is 0 Å². The first kappa shape index (κ1) is 19.0. The van der Waals surface area contributed by atoms with E-state index in [1.807, 2.05) is 60.7 Å². The Morgan fingerprint density at radius 3 is 2.48 bits per heavy atom. The van der Waals surface area contributed by atoms with Gasteiger partial charge in [-0.25, -0.2) is 14.0 Å². The molecule has 31 heavy (non-hydrogen) atoms. The van der Waals surface area contributed by atoms with Crippen molar-refractivity contribution in [2.75, 3.05) is 6.54 Å². The van der Waals surface area contributed by atoms with E-state index in [9.17, 15) is 9.59 Å². The average molecular weight is 414 g/mol. The highest BCUT2D eigenvalue weighted by molar-refractivity contribution is 5.93. The van der Waals surface area contributed by atoms with Gasteiger partial charge in [0.15, 0.2) is 0 Å². The molecule has 1 fully saturated rings. The maximum Gasteiger partial charge on any atom is 0.350 e. The molecule has 0 atom stereocenters. The first-order valence-electron chi connectivity index (χ1n) is 10.3. The van der Waals surface area contributed by atoms with Crippen LogP contribution in [0.2, 0.25) is 0 Å². The number of carbonyl (C=O) groups excluding carboxylic acids is 1. The van der Waals surface area contributed by atoms with Gasteiger partial charge in [-0.3, -0.25) is 9.89 Å². The molecule has 0 saturated heterocycles. The van der Waals surface area contributed by atoms with E-state index >= 15 is 0 Å². The molecule has 1 aliphatic carbocycles. The molecular formula is C23H22N6O2. The van der Waals surface area contributed by atoms with E-state index in [4.69, 9.17) is 0 Å². The number of nitrogens with zero attached hydrogens (tertiary/aromatic N) is 4. The van der Waals surface area contributed by atoms with E-state index in [0.717, 1.165) is 29.9 Å². The number of aromatic nitrogens is 5. The second kappa shape index (κ2) is 8.06. The molecule has 4 aromatic rings. The quantitative estimate of drug-likeness (QED) is 0.486. The lowest BCUT2D eigenvalue weighted by molar-refractivity contribution is 0.0946. The van der Waals surface area contributed by atoms with Crippen molar-refractivity contribution in [2.45, 2.75) is 25.3 Å². The third-order valence-corrected chi connectivity index (χ3v) is 5.32. The second-order valence-corrected chi connectivity index (χ2v) is 7.60. The maximum atomic E-state index is 13.0. The fourth-order valence-corrected chi connectivity index (χ4v) is 3.56. The molecule has 1 amide bonds. The second-order valence-electron chi connectivity index (χ2n) is 7.60. The van der Waals surface area contributed by atoms with Crippen LogP contribution in [0.3, 0.4) is 0 Å². The molecule has 5 rings (SSSR count). The molecule has 0 bridgehead atoms. The van der Waals surface area contributed by atoms with Crippen molar-refractivity contribution >= 4 is 5.91 Å². The number of hydrogen-bond acceptors (Lipinski definition) is 4. The summed E-state index contributed by atoms with van der Waals surface area (Å²) in [5.74, 6) is 0.849. The Morgan fingerprint density at radius 2 is 1.77 bits per heavy atom. The predicted molar refractivity (Wildman–Crippen MR) is 116 cm³/mol. The van der Waals surface area contributed by atoms with Gasteiger partial charge in [0.05, 0.1) is 17.9 Å². The highest BCUT2D eigenvalue weighted by Gasteiger charge is 2.31. The van der Waals surface area contributed by atoms with Gasteiger partial charge >= 0.3 is 5.69 Å². The smallest absolute Gasteiger partial charge is 0.349 e. The van der Waals surface area contributed by atoms with Crippen LogP contribution in [-0.2, 0) is 6.54 Å². The van der Waals surface area contributed by atoms with Crippen molar-refractivity contribution in [2.24, 2.45) is 0 Å². The van der Waals surface area contributed by atoms with Gasteiger partial charge in [0.1, 0.15) is 11.5 Å². The first-order chi connectivity index (χ1) is 15.2. The zero-order valence-corrected chi connectivity index (χ0v) is 16.9. The fourth-order valence-electron chi connectivity index (χ4n) is 3.56. The van der Waals surface area contributed by atoms with E-state index in [0.29, 0.717) is 23.9 Å². The average Bonchev–Trinajstić information content (AvgIpc) is 3.44. The summed E-state index contributed by atoms with van der Waals surface area (Å²) < 4.78 is 3.11. The van der Waals surface area contributed by atoms with E-state index in [1.165, 1.54) is 4.68 Å². The van der Waals surface area contributed by atoms with Gasteiger partial charge in [0.2, 0.25) is 0 Å². The van der Waals surface area contributed by atoms with Crippen LogP contribution < -0.4 is 11.0 Å². The standard InChI is InChI=1S/C23H22N6O2/c30-22(20-15-19(25-26-20)16-7-3-1-4-8-16)24-13-14-28-23(31)29(18-9-5-2-6-10-18)21(27-28)17-11-12-17/h1-10,15,17H,11-14H2,(H,24,30)(H,25,26). The van der Waals surface area contributed by atoms with Crippen LogP contribution in [0, 0.1) is 0 Å². The Morgan fingerprint density at radius 1 is 1.06 bits per heavy atom. The number of H-pyrrole nitrogens is 1. The minimum absolute atomic E-state index is 0.185. The van der Waals surface area contributed by atoms with Gasteiger partial charge in [-0.1, -0.05) is 48.5 Å². The van der Waals surface area contributed by atoms with E-state index in [2.05, 4.69) is 20.6 Å². The lowest BCUT2D eigenvalue weighted by Crippen LogP contribution is -2.32. The number of benzene rings is 2. The molecule has 2 aromatic heterocycles. The van der Waals surface area contributed by atoms with Crippen molar-refractivity contribution in [3.05, 3.63) is 88.7 Å². The van der Waals surface area contributed by atoms with Crippen LogP contribution in [0.4, 0.5) is 0 Å². The number of carbonyl (C=O) groups is 1. The van der Waals surface area contributed by atoms with Crippen molar-refractivity contribution < 1.29 is 4.79 Å². The van der Waals surface area contributed by atoms with Gasteiger partial charge < -0.3 is 5.32 Å². The molecule has 1 saturated carbocycles. The third-order valence-electron chi connectivity index (χ3n) is 5.32. The van der Waals surface area contributed by atoms with Gasteiger partial charge in [0, 0.05) is 18.0 Å². The Hall–Kier alpha value is -3.94. The topological polar surface area (TPSA) is 97.6 Å². The monoisotopic (exact) mass is 414 g/mol. The lowest BCUT2D eigenvalue weighted by Gasteiger charge is -2.04. The highest BCUT2D eigenvalue weighted by atomic mass is 16.2. The Kier molecular flexibility index (Phi) is 4.95. The molecule has 8 nitrogen and oxygen atoms in total. The van der Waals surface area contributed by atoms with Crippen molar-refractivity contribution in [3.63, 3.8) is 0 Å². The van der Waals surface area contributed by atoms with Crippen LogP contribution in [0.1, 0.15) is 35.1 Å². The van der Waals surface area contributed by atoms with Crippen LogP contribution in [-0.4, -0.2) is 37.0 Å². The predicted octanol–water partition coefficient (Wildman–Crippen LogP) is 2.73. The summed E-state index contributed by atoms with van der Waals surface area (Å²) in [5.41, 5.74) is 2.64. The summed E-state index contributed by atoms with van der Waals surface area (Å²) in [6.07, 6.45) is 2.09. The molecule has 0 radical (unpaired) electrons. The SMILES string of the molecule is O=C(NCCn1nc(C2CC2)n(-c2ccccc2)c1=O)c1cc(-c2ccccc2)n[nH]1. The molecule has 8 heteroatoms. The van der Waals surface area contributed by atoms with Crippen molar-refractivity contribution in [1.82, 2.24) is 29.9 Å². The van der Waals surface area contributed by atoms with E-state index in [-0.39, 0.29) is 18.1 Å². The minimum atomic E-state index is -0.271. The number of nitrogens with one attached hydrogen (secondary N) is 2. The van der Waals surface area contributed by atoms with Crippen molar-refractivity contribution in [1.29, 1.82) is 0 Å². The first-order valence-corrected chi connectivity index (χ1v) is 10.3. The molecule has 1 aliphatic rings. The van der Waals surface area contributed by atoms with Crippen LogP contribution in [0.5, 0.6) is 0 Å². The number of amides is 1. The molecule has 2 aromatic carbocycles. The maximum absolute atomic E-state index is 13.0. The van der Waals surface area contributed by atoms with Crippen LogP contribution in [0.25, 0.3) is 16.9 Å². The zero-order chi connectivity index (χ0) is 21.2. The molecule has 2 heterocycles. The minimum Gasteiger partial charge on any atom is -0.349 e. The number of hydrogen-bond donors (Lipinski definition) is 2.